The third-order valence-corrected chi connectivity index (χ3v) is 11.2. The zero-order chi connectivity index (χ0) is 30.0. The number of rotatable bonds is 4. The van der Waals surface area contributed by atoms with Crippen molar-refractivity contribution in [3.8, 4) is 5.75 Å². The largest absolute Gasteiger partial charge is 0.490 e. The molecule has 1 amide bonds. The molecule has 0 radical (unpaired) electrons. The molecule has 2 bridgehead atoms. The number of carbonyl (C=O) groups is 1. The maximum absolute atomic E-state index is 13.2. The Morgan fingerprint density at radius 1 is 1.14 bits per heavy atom. The van der Waals surface area contributed by atoms with Crippen molar-refractivity contribution >= 4 is 33.2 Å². The quantitative estimate of drug-likeness (QED) is 0.364. The topological polar surface area (TPSA) is 94.2 Å². The van der Waals surface area contributed by atoms with Crippen LogP contribution in [0, 0.1) is 11.8 Å². The van der Waals surface area contributed by atoms with Crippen LogP contribution in [0.2, 0.25) is 5.02 Å². The van der Waals surface area contributed by atoms with Gasteiger partial charge in [-0.25, -0.2) is 13.1 Å². The minimum Gasteiger partial charge on any atom is -0.490 e. The highest BCUT2D eigenvalue weighted by Crippen LogP contribution is 2.47. The Morgan fingerprint density at radius 2 is 2.02 bits per heavy atom. The number of fused-ring (bicyclic) bond motifs is 4. The second kappa shape index (κ2) is 12.8. The van der Waals surface area contributed by atoms with E-state index in [-0.39, 0.29) is 17.3 Å². The lowest BCUT2D eigenvalue weighted by Gasteiger charge is -2.46. The summed E-state index contributed by atoms with van der Waals surface area (Å²) in [5, 5.41) is 0.745. The molecule has 2 aromatic carbocycles. The molecule has 6 rings (SSSR count). The summed E-state index contributed by atoms with van der Waals surface area (Å²) in [5.74, 6) is 0.685. The Labute approximate surface area is 259 Å². The van der Waals surface area contributed by atoms with Crippen LogP contribution in [-0.4, -0.2) is 66.2 Å². The van der Waals surface area contributed by atoms with Crippen molar-refractivity contribution in [3.05, 3.63) is 70.3 Å². The number of sulfonamides is 1. The van der Waals surface area contributed by atoms with E-state index < -0.39 is 15.9 Å². The molecule has 4 atom stereocenters. The predicted molar refractivity (Wildman–Crippen MR) is 168 cm³/mol. The van der Waals surface area contributed by atoms with Crippen LogP contribution in [0.3, 0.4) is 0 Å². The minimum absolute atomic E-state index is 0.0707. The molecule has 1 spiro atoms. The molecule has 8 nitrogen and oxygen atoms in total. The standard InChI is InChI=1S/C33H41ClN2O6S/c1-40-15-16-41-30-7-3-2-4-17-43(38,39)35-32(37)24-9-13-31-29(19-24)36(20-25-8-11-27(25)30)21-33(22-42-31)14-5-6-23-18-26(34)10-12-28(23)33/h3,7,9-10,12-13,18-19,25,27,30H,2,4-6,8,11,14-17,20-22H2,1H3,(H,35,37)/b7-3+/t25-,27+,30+,33-/m0/s1. The molecule has 1 fully saturated rings. The molecule has 10 heteroatoms. The van der Waals surface area contributed by atoms with Gasteiger partial charge in [0.2, 0.25) is 10.0 Å². The zero-order valence-corrected chi connectivity index (χ0v) is 26.3. The summed E-state index contributed by atoms with van der Waals surface area (Å²) in [6, 6.07) is 11.5. The summed E-state index contributed by atoms with van der Waals surface area (Å²) in [6.07, 6.45) is 10.2. The molecular formula is C33H41ClN2O6S. The monoisotopic (exact) mass is 628 g/mol. The van der Waals surface area contributed by atoms with Crippen molar-refractivity contribution in [2.75, 3.05) is 50.7 Å². The van der Waals surface area contributed by atoms with Gasteiger partial charge in [0.15, 0.2) is 0 Å². The molecule has 4 aliphatic rings. The van der Waals surface area contributed by atoms with Crippen LogP contribution in [0.25, 0.3) is 0 Å². The Bertz CT molecular complexity index is 1480. The van der Waals surface area contributed by atoms with E-state index in [1.165, 1.54) is 11.1 Å². The minimum atomic E-state index is -3.79. The molecule has 0 aromatic heterocycles. The van der Waals surface area contributed by atoms with Crippen molar-refractivity contribution in [2.45, 2.75) is 56.5 Å². The van der Waals surface area contributed by atoms with Gasteiger partial charge in [0.25, 0.3) is 5.91 Å². The van der Waals surface area contributed by atoms with E-state index in [1.54, 1.807) is 19.2 Å². The smallest absolute Gasteiger partial charge is 0.264 e. The molecular weight excluding hydrogens is 588 g/mol. The van der Waals surface area contributed by atoms with Gasteiger partial charge in [-0.2, -0.15) is 0 Å². The van der Waals surface area contributed by atoms with Crippen molar-refractivity contribution in [3.63, 3.8) is 0 Å². The van der Waals surface area contributed by atoms with E-state index in [9.17, 15) is 13.2 Å². The van der Waals surface area contributed by atoms with Gasteiger partial charge in [0.05, 0.1) is 37.4 Å². The number of nitrogens with zero attached hydrogens (tertiary/aromatic N) is 1. The summed E-state index contributed by atoms with van der Waals surface area (Å²) in [6.45, 7) is 3.05. The fraction of sp³-hybridized carbons (Fsp3) is 0.545. The van der Waals surface area contributed by atoms with Gasteiger partial charge in [-0.3, -0.25) is 4.79 Å². The predicted octanol–water partition coefficient (Wildman–Crippen LogP) is 5.28. The van der Waals surface area contributed by atoms with E-state index in [0.29, 0.717) is 55.8 Å². The molecule has 2 aromatic rings. The fourth-order valence-corrected chi connectivity index (χ4v) is 8.50. The maximum Gasteiger partial charge on any atom is 0.264 e. The van der Waals surface area contributed by atoms with Crippen molar-refractivity contribution in [1.82, 2.24) is 4.72 Å². The number of aryl methyl sites for hydroxylation is 1. The Morgan fingerprint density at radius 3 is 2.84 bits per heavy atom. The summed E-state index contributed by atoms with van der Waals surface area (Å²) in [4.78, 5) is 15.6. The number of allylic oxidation sites excluding steroid dienone is 1. The lowest BCUT2D eigenvalue weighted by Crippen LogP contribution is -2.49. The van der Waals surface area contributed by atoms with Gasteiger partial charge in [0.1, 0.15) is 5.75 Å². The Hall–Kier alpha value is -2.59. The number of ether oxygens (including phenoxy) is 3. The van der Waals surface area contributed by atoms with Crippen LogP contribution in [-0.2, 0) is 31.3 Å². The molecule has 2 aliphatic heterocycles. The summed E-state index contributed by atoms with van der Waals surface area (Å²) < 4.78 is 45.9. The molecule has 43 heavy (non-hydrogen) atoms. The van der Waals surface area contributed by atoms with Crippen LogP contribution in [0.5, 0.6) is 5.75 Å². The SMILES string of the molecule is COCCO[C@@H]1/C=C/CCCS(=O)(=O)NC(=O)c2ccc3c(c2)N(C[C@@H]2CC[C@H]21)C[C@@]1(CCCc2cc(Cl)ccc21)CO3. The van der Waals surface area contributed by atoms with Crippen LogP contribution in [0.15, 0.2) is 48.6 Å². The third kappa shape index (κ3) is 6.60. The molecule has 2 aliphatic carbocycles. The molecule has 0 saturated heterocycles. The highest BCUT2D eigenvalue weighted by Gasteiger charge is 2.44. The Kier molecular flexibility index (Phi) is 9.06. The average molecular weight is 629 g/mol. The molecule has 1 N–H and O–H groups in total. The summed E-state index contributed by atoms with van der Waals surface area (Å²) >= 11 is 6.41. The first-order valence-corrected chi connectivity index (χ1v) is 17.4. The number of hydrogen-bond donors (Lipinski definition) is 1. The van der Waals surface area contributed by atoms with Gasteiger partial charge >= 0.3 is 0 Å². The first-order valence-electron chi connectivity index (χ1n) is 15.4. The second-order valence-corrected chi connectivity index (χ2v) is 14.7. The first-order chi connectivity index (χ1) is 20.8. The molecule has 0 unspecified atom stereocenters. The van der Waals surface area contributed by atoms with E-state index in [1.807, 2.05) is 18.2 Å². The summed E-state index contributed by atoms with van der Waals surface area (Å²) in [5.41, 5.74) is 3.44. The van der Waals surface area contributed by atoms with Crippen LogP contribution in [0.1, 0.15) is 60.0 Å². The van der Waals surface area contributed by atoms with Gasteiger partial charge in [-0.05, 0) is 98.2 Å². The van der Waals surface area contributed by atoms with Crippen molar-refractivity contribution in [2.24, 2.45) is 11.8 Å². The normalized spacial score (nSPS) is 29.3. The van der Waals surface area contributed by atoms with Gasteiger partial charge in [0, 0.05) is 36.2 Å². The lowest BCUT2D eigenvalue weighted by atomic mass is 9.68. The number of anilines is 1. The van der Waals surface area contributed by atoms with Crippen molar-refractivity contribution < 1.29 is 27.4 Å². The highest BCUT2D eigenvalue weighted by atomic mass is 35.5. The summed E-state index contributed by atoms with van der Waals surface area (Å²) in [7, 11) is -2.11. The van der Waals surface area contributed by atoms with Crippen molar-refractivity contribution in [1.29, 1.82) is 0 Å². The van der Waals surface area contributed by atoms with Crippen LogP contribution < -0.4 is 14.4 Å². The van der Waals surface area contributed by atoms with E-state index in [0.717, 1.165) is 55.9 Å². The van der Waals surface area contributed by atoms with Gasteiger partial charge in [-0.1, -0.05) is 29.8 Å². The number of amides is 1. The Balaban J connectivity index is 1.39. The fourth-order valence-electron chi connectivity index (χ4n) is 7.25. The number of hydrogen-bond acceptors (Lipinski definition) is 7. The highest BCUT2D eigenvalue weighted by molar-refractivity contribution is 7.90. The molecule has 232 valence electrons. The third-order valence-electron chi connectivity index (χ3n) is 9.61. The van der Waals surface area contributed by atoms with Gasteiger partial charge < -0.3 is 19.1 Å². The lowest BCUT2D eigenvalue weighted by molar-refractivity contribution is -0.0309. The van der Waals surface area contributed by atoms with Crippen LogP contribution >= 0.6 is 11.6 Å². The second-order valence-electron chi connectivity index (χ2n) is 12.4. The number of carbonyl (C=O) groups excluding carboxylic acids is 1. The van der Waals surface area contributed by atoms with E-state index >= 15 is 0 Å². The van der Waals surface area contributed by atoms with Crippen LogP contribution in [0.4, 0.5) is 5.69 Å². The van der Waals surface area contributed by atoms with E-state index in [4.69, 9.17) is 25.8 Å². The maximum atomic E-state index is 13.2. The van der Waals surface area contributed by atoms with Gasteiger partial charge in [-0.15, -0.1) is 0 Å². The van der Waals surface area contributed by atoms with E-state index in [2.05, 4.69) is 27.8 Å². The number of benzene rings is 2. The number of methoxy groups -OCH3 is 1. The average Bonchev–Trinajstić information content (AvgIpc) is 3.11. The number of nitrogens with one attached hydrogen (secondary N) is 1. The molecule has 1 saturated carbocycles. The molecule has 2 heterocycles. The first kappa shape index (κ1) is 30.4. The number of halogens is 1. The zero-order valence-electron chi connectivity index (χ0n) is 24.7.